The summed E-state index contributed by atoms with van der Waals surface area (Å²) in [6.45, 7) is 2.53. The van der Waals surface area contributed by atoms with Gasteiger partial charge in [0.25, 0.3) is 0 Å². The number of ketones is 1. The zero-order chi connectivity index (χ0) is 19.1. The van der Waals surface area contributed by atoms with Crippen molar-refractivity contribution in [2.24, 2.45) is 0 Å². The molecule has 0 atom stereocenters. The molecule has 138 valence electrons. The van der Waals surface area contributed by atoms with E-state index in [2.05, 4.69) is 10.4 Å². The highest BCUT2D eigenvalue weighted by molar-refractivity contribution is 5.97. The van der Waals surface area contributed by atoms with Crippen LogP contribution in [0.1, 0.15) is 34.3 Å². The van der Waals surface area contributed by atoms with E-state index >= 15 is 0 Å². The zero-order valence-corrected chi connectivity index (χ0v) is 15.4. The van der Waals surface area contributed by atoms with Gasteiger partial charge >= 0.3 is 0 Å². The van der Waals surface area contributed by atoms with Gasteiger partial charge in [0.05, 0.1) is 5.69 Å². The van der Waals surface area contributed by atoms with Crippen molar-refractivity contribution in [1.29, 1.82) is 0 Å². The van der Waals surface area contributed by atoms with Crippen LogP contribution in [0, 0.1) is 6.92 Å². The average molecular weight is 361 g/mol. The van der Waals surface area contributed by atoms with Crippen LogP contribution >= 0.6 is 0 Å². The summed E-state index contributed by atoms with van der Waals surface area (Å²) in [6.07, 6.45) is 4.83. The highest BCUT2D eigenvalue weighted by Crippen LogP contribution is 2.09. The first-order valence-electron chi connectivity index (χ1n) is 9.07. The number of benzene rings is 2. The summed E-state index contributed by atoms with van der Waals surface area (Å²) in [5, 5.41) is 7.07. The lowest BCUT2D eigenvalue weighted by Gasteiger charge is -2.07. The Hall–Kier alpha value is -3.21. The van der Waals surface area contributed by atoms with Crippen molar-refractivity contribution in [3.63, 3.8) is 0 Å². The maximum Gasteiger partial charge on any atom is 0.220 e. The summed E-state index contributed by atoms with van der Waals surface area (Å²) >= 11 is 0. The van der Waals surface area contributed by atoms with E-state index in [9.17, 15) is 9.59 Å². The molecule has 2 aromatic carbocycles. The molecule has 0 spiro atoms. The number of carbonyl (C=O) groups is 2. The van der Waals surface area contributed by atoms with Crippen LogP contribution in [-0.2, 0) is 11.2 Å². The Labute approximate surface area is 159 Å². The fourth-order valence-electron chi connectivity index (χ4n) is 2.78. The third-order valence-corrected chi connectivity index (χ3v) is 4.39. The number of aromatic nitrogens is 2. The van der Waals surface area contributed by atoms with Crippen molar-refractivity contribution >= 4 is 11.7 Å². The highest BCUT2D eigenvalue weighted by atomic mass is 16.2. The number of nitrogens with one attached hydrogen (secondary N) is 1. The topological polar surface area (TPSA) is 64.0 Å². The molecular weight excluding hydrogens is 338 g/mol. The second-order valence-electron chi connectivity index (χ2n) is 6.51. The van der Waals surface area contributed by atoms with Crippen LogP contribution in [0.3, 0.4) is 0 Å². The second kappa shape index (κ2) is 8.94. The molecule has 0 fully saturated rings. The van der Waals surface area contributed by atoms with Gasteiger partial charge in [0.1, 0.15) is 0 Å². The smallest absolute Gasteiger partial charge is 0.220 e. The van der Waals surface area contributed by atoms with Crippen molar-refractivity contribution in [2.75, 3.05) is 6.54 Å². The Morgan fingerprint density at radius 3 is 2.41 bits per heavy atom. The Morgan fingerprint density at radius 1 is 1.00 bits per heavy atom. The molecule has 1 aromatic heterocycles. The lowest BCUT2D eigenvalue weighted by atomic mass is 10.0. The van der Waals surface area contributed by atoms with E-state index in [-0.39, 0.29) is 24.5 Å². The van der Waals surface area contributed by atoms with E-state index < -0.39 is 0 Å². The van der Waals surface area contributed by atoms with Gasteiger partial charge in [-0.05, 0) is 37.1 Å². The fourth-order valence-corrected chi connectivity index (χ4v) is 2.78. The molecule has 5 nitrogen and oxygen atoms in total. The molecule has 0 radical (unpaired) electrons. The standard InChI is InChI=1S/C22H23N3O2/c1-17-3-7-19(8-4-17)21(26)11-12-22(27)23-15-13-18-5-9-20(10-6-18)25-16-2-14-24-25/h2-10,14,16H,11-13,15H2,1H3,(H,23,27). The minimum Gasteiger partial charge on any atom is -0.356 e. The van der Waals surface area contributed by atoms with Crippen LogP contribution in [-0.4, -0.2) is 28.0 Å². The number of hydrogen-bond donors (Lipinski definition) is 1. The van der Waals surface area contributed by atoms with Crippen LogP contribution in [0.2, 0.25) is 0 Å². The molecule has 0 aliphatic rings. The van der Waals surface area contributed by atoms with Gasteiger partial charge in [0.2, 0.25) is 5.91 Å². The maximum atomic E-state index is 12.1. The van der Waals surface area contributed by atoms with Gasteiger partial charge in [-0.25, -0.2) is 4.68 Å². The molecule has 0 bridgehead atoms. The second-order valence-corrected chi connectivity index (χ2v) is 6.51. The molecule has 1 N–H and O–H groups in total. The third kappa shape index (κ3) is 5.38. The number of amides is 1. The van der Waals surface area contributed by atoms with E-state index in [1.54, 1.807) is 10.9 Å². The molecule has 0 aliphatic heterocycles. The first-order valence-corrected chi connectivity index (χ1v) is 9.07. The SMILES string of the molecule is Cc1ccc(C(=O)CCC(=O)NCCc2ccc(-n3cccn3)cc2)cc1. The Bertz CT molecular complexity index is 882. The van der Waals surface area contributed by atoms with Gasteiger partial charge in [0.15, 0.2) is 5.78 Å². The van der Waals surface area contributed by atoms with Gasteiger partial charge in [0, 0.05) is 37.3 Å². The van der Waals surface area contributed by atoms with Gasteiger partial charge in [-0.3, -0.25) is 9.59 Å². The molecule has 0 unspecified atom stereocenters. The minimum atomic E-state index is -0.0939. The van der Waals surface area contributed by atoms with E-state index in [1.807, 2.05) is 67.7 Å². The molecule has 0 saturated carbocycles. The monoisotopic (exact) mass is 361 g/mol. The summed E-state index contributed by atoms with van der Waals surface area (Å²) in [4.78, 5) is 24.1. The van der Waals surface area contributed by atoms with E-state index in [4.69, 9.17) is 0 Å². The van der Waals surface area contributed by atoms with Crippen molar-refractivity contribution in [1.82, 2.24) is 15.1 Å². The lowest BCUT2D eigenvalue weighted by molar-refractivity contribution is -0.121. The normalized spacial score (nSPS) is 10.6. The predicted molar refractivity (Wildman–Crippen MR) is 105 cm³/mol. The van der Waals surface area contributed by atoms with Crippen LogP contribution in [0.25, 0.3) is 5.69 Å². The van der Waals surface area contributed by atoms with Gasteiger partial charge in [-0.15, -0.1) is 0 Å². The third-order valence-electron chi connectivity index (χ3n) is 4.39. The van der Waals surface area contributed by atoms with Gasteiger partial charge in [-0.1, -0.05) is 42.0 Å². The van der Waals surface area contributed by atoms with Gasteiger partial charge in [-0.2, -0.15) is 5.10 Å². The van der Waals surface area contributed by atoms with Crippen LogP contribution < -0.4 is 5.32 Å². The number of carbonyl (C=O) groups excluding carboxylic acids is 2. The highest BCUT2D eigenvalue weighted by Gasteiger charge is 2.09. The molecule has 3 rings (SSSR count). The number of Topliss-reactive ketones (excluding diaryl/α,β-unsaturated/α-hetero) is 1. The van der Waals surface area contributed by atoms with Crippen molar-refractivity contribution in [3.05, 3.63) is 83.7 Å². The molecule has 1 heterocycles. The summed E-state index contributed by atoms with van der Waals surface area (Å²) in [7, 11) is 0. The minimum absolute atomic E-state index is 0.000592. The van der Waals surface area contributed by atoms with Crippen LogP contribution in [0.5, 0.6) is 0 Å². The molecule has 1 amide bonds. The predicted octanol–water partition coefficient (Wildman–Crippen LogP) is 3.50. The first-order chi connectivity index (χ1) is 13.1. The van der Waals surface area contributed by atoms with Gasteiger partial charge < -0.3 is 5.32 Å². The lowest BCUT2D eigenvalue weighted by Crippen LogP contribution is -2.26. The van der Waals surface area contributed by atoms with Crippen molar-refractivity contribution < 1.29 is 9.59 Å². The molecule has 3 aromatic rings. The van der Waals surface area contributed by atoms with Crippen molar-refractivity contribution in [3.8, 4) is 5.69 Å². The number of hydrogen-bond acceptors (Lipinski definition) is 3. The summed E-state index contributed by atoms with van der Waals surface area (Å²) in [5.74, 6) is -0.0945. The van der Waals surface area contributed by atoms with E-state index in [0.29, 0.717) is 12.1 Å². The average Bonchev–Trinajstić information content (AvgIpc) is 3.22. The summed E-state index contributed by atoms with van der Waals surface area (Å²) in [6, 6.07) is 17.4. The summed E-state index contributed by atoms with van der Waals surface area (Å²) in [5.41, 5.74) is 3.91. The maximum absolute atomic E-state index is 12.1. The Kier molecular flexibility index (Phi) is 6.15. The Balaban J connectivity index is 1.39. The van der Waals surface area contributed by atoms with Crippen LogP contribution in [0.4, 0.5) is 0 Å². The largest absolute Gasteiger partial charge is 0.356 e. The number of rotatable bonds is 8. The number of aryl methyl sites for hydroxylation is 1. The zero-order valence-electron chi connectivity index (χ0n) is 15.4. The van der Waals surface area contributed by atoms with Crippen LogP contribution in [0.15, 0.2) is 67.0 Å². The quantitative estimate of drug-likeness (QED) is 0.625. The summed E-state index contributed by atoms with van der Waals surface area (Å²) < 4.78 is 1.80. The molecule has 27 heavy (non-hydrogen) atoms. The Morgan fingerprint density at radius 2 is 1.74 bits per heavy atom. The van der Waals surface area contributed by atoms with Crippen molar-refractivity contribution in [2.45, 2.75) is 26.2 Å². The van der Waals surface area contributed by atoms with E-state index in [0.717, 1.165) is 23.2 Å². The fraction of sp³-hybridized carbons (Fsp3) is 0.227. The molecule has 0 aliphatic carbocycles. The molecule has 5 heteroatoms. The molecule has 0 saturated heterocycles. The number of nitrogens with zero attached hydrogens (tertiary/aromatic N) is 2. The van der Waals surface area contributed by atoms with E-state index in [1.165, 1.54) is 0 Å². The molecular formula is C22H23N3O2. The first kappa shape index (κ1) is 18.6.